The number of fused-ring (bicyclic) bond motifs is 3. The quantitative estimate of drug-likeness (QED) is 0.549. The number of halogens is 1. The van der Waals surface area contributed by atoms with Crippen molar-refractivity contribution in [2.24, 2.45) is 0 Å². The number of benzene rings is 3. The minimum Gasteiger partial charge on any atom is -0.0843 e. The van der Waals surface area contributed by atoms with E-state index in [1.807, 2.05) is 6.07 Å². The van der Waals surface area contributed by atoms with Crippen molar-refractivity contribution < 1.29 is 0 Å². The van der Waals surface area contributed by atoms with Gasteiger partial charge in [-0.25, -0.2) is 0 Å². The van der Waals surface area contributed by atoms with E-state index in [0.29, 0.717) is 5.92 Å². The molecule has 4 rings (SSSR count). The van der Waals surface area contributed by atoms with Crippen LogP contribution < -0.4 is 0 Å². The zero-order valence-electron chi connectivity index (χ0n) is 12.3. The lowest BCUT2D eigenvalue weighted by Crippen LogP contribution is -1.99. The minimum atomic E-state index is 0.476. The van der Waals surface area contributed by atoms with E-state index in [2.05, 4.69) is 66.7 Å². The first-order valence-corrected chi connectivity index (χ1v) is 8.13. The first-order chi connectivity index (χ1) is 10.8. The van der Waals surface area contributed by atoms with Gasteiger partial charge >= 0.3 is 0 Å². The van der Waals surface area contributed by atoms with Gasteiger partial charge in [0.2, 0.25) is 0 Å². The molecule has 3 aromatic rings. The molecule has 3 aromatic carbocycles. The third-order valence-electron chi connectivity index (χ3n) is 4.58. The second-order valence-corrected chi connectivity index (χ2v) is 6.33. The molecule has 1 atom stereocenters. The van der Waals surface area contributed by atoms with Crippen LogP contribution in [0.3, 0.4) is 0 Å². The van der Waals surface area contributed by atoms with Crippen molar-refractivity contribution in [3.05, 3.63) is 94.5 Å². The van der Waals surface area contributed by atoms with Crippen LogP contribution in [-0.2, 0) is 6.42 Å². The molecule has 0 fully saturated rings. The SMILES string of the molecule is Clc1ccc2c(c1)-c1ccccc1C2CCc1ccccc1. The lowest BCUT2D eigenvalue weighted by atomic mass is 9.90. The molecule has 1 aliphatic rings. The first kappa shape index (κ1) is 13.6. The Morgan fingerprint density at radius 2 is 1.45 bits per heavy atom. The van der Waals surface area contributed by atoms with Crippen molar-refractivity contribution in [1.82, 2.24) is 0 Å². The van der Waals surface area contributed by atoms with Crippen LogP contribution in [0.4, 0.5) is 0 Å². The second-order valence-electron chi connectivity index (χ2n) is 5.90. The van der Waals surface area contributed by atoms with Gasteiger partial charge in [0.1, 0.15) is 0 Å². The average molecular weight is 305 g/mol. The summed E-state index contributed by atoms with van der Waals surface area (Å²) in [5, 5.41) is 0.817. The van der Waals surface area contributed by atoms with Gasteiger partial charge in [0, 0.05) is 10.9 Å². The molecule has 0 radical (unpaired) electrons. The Kier molecular flexibility index (Phi) is 3.48. The van der Waals surface area contributed by atoms with Gasteiger partial charge in [-0.1, -0.05) is 72.3 Å². The first-order valence-electron chi connectivity index (χ1n) is 7.75. The molecule has 0 nitrogen and oxygen atoms in total. The van der Waals surface area contributed by atoms with Crippen molar-refractivity contribution in [3.63, 3.8) is 0 Å². The molecule has 0 bridgehead atoms. The highest BCUT2D eigenvalue weighted by atomic mass is 35.5. The van der Waals surface area contributed by atoms with E-state index in [-0.39, 0.29) is 0 Å². The molecule has 0 amide bonds. The van der Waals surface area contributed by atoms with Crippen LogP contribution in [0.1, 0.15) is 29.0 Å². The Balaban J connectivity index is 1.71. The van der Waals surface area contributed by atoms with Crippen molar-refractivity contribution in [3.8, 4) is 11.1 Å². The highest BCUT2D eigenvalue weighted by molar-refractivity contribution is 6.31. The topological polar surface area (TPSA) is 0 Å². The van der Waals surface area contributed by atoms with Gasteiger partial charge in [-0.3, -0.25) is 0 Å². The molecule has 0 saturated carbocycles. The molecule has 1 aliphatic carbocycles. The summed E-state index contributed by atoms with van der Waals surface area (Å²) in [7, 11) is 0. The summed E-state index contributed by atoms with van der Waals surface area (Å²) in [6.07, 6.45) is 2.23. The van der Waals surface area contributed by atoms with Gasteiger partial charge in [-0.15, -0.1) is 0 Å². The number of hydrogen-bond acceptors (Lipinski definition) is 0. The van der Waals surface area contributed by atoms with E-state index in [4.69, 9.17) is 11.6 Å². The van der Waals surface area contributed by atoms with Crippen LogP contribution >= 0.6 is 11.6 Å². The molecule has 0 aromatic heterocycles. The summed E-state index contributed by atoms with van der Waals surface area (Å²) in [5.41, 5.74) is 6.92. The maximum atomic E-state index is 6.21. The third kappa shape index (κ3) is 2.34. The van der Waals surface area contributed by atoms with E-state index in [9.17, 15) is 0 Å². The smallest absolute Gasteiger partial charge is 0.0412 e. The number of rotatable bonds is 3. The summed E-state index contributed by atoms with van der Waals surface area (Å²) in [6.45, 7) is 0. The zero-order chi connectivity index (χ0) is 14.9. The van der Waals surface area contributed by atoms with E-state index < -0.39 is 0 Å². The molecular formula is C21H17Cl. The van der Waals surface area contributed by atoms with Gasteiger partial charge in [0.15, 0.2) is 0 Å². The maximum Gasteiger partial charge on any atom is 0.0412 e. The summed E-state index contributed by atoms with van der Waals surface area (Å²) in [5.74, 6) is 0.476. The molecule has 1 heteroatoms. The van der Waals surface area contributed by atoms with Gasteiger partial charge in [-0.05, 0) is 52.8 Å². The Morgan fingerprint density at radius 3 is 2.32 bits per heavy atom. The molecule has 0 saturated heterocycles. The Hall–Kier alpha value is -2.05. The van der Waals surface area contributed by atoms with Crippen molar-refractivity contribution >= 4 is 11.6 Å². The van der Waals surface area contributed by atoms with Gasteiger partial charge in [0.25, 0.3) is 0 Å². The Labute approximate surface area is 136 Å². The summed E-state index contributed by atoms with van der Waals surface area (Å²) >= 11 is 6.21. The zero-order valence-corrected chi connectivity index (χ0v) is 13.1. The van der Waals surface area contributed by atoms with Crippen LogP contribution in [0.5, 0.6) is 0 Å². The Bertz CT molecular complexity index is 805. The lowest BCUT2D eigenvalue weighted by molar-refractivity contribution is 0.729. The molecule has 22 heavy (non-hydrogen) atoms. The van der Waals surface area contributed by atoms with Gasteiger partial charge < -0.3 is 0 Å². The minimum absolute atomic E-state index is 0.476. The van der Waals surface area contributed by atoms with E-state index >= 15 is 0 Å². The van der Waals surface area contributed by atoms with Crippen molar-refractivity contribution in [1.29, 1.82) is 0 Å². The van der Waals surface area contributed by atoms with Crippen molar-refractivity contribution in [2.75, 3.05) is 0 Å². The predicted octanol–water partition coefficient (Wildman–Crippen LogP) is 6.09. The Morgan fingerprint density at radius 1 is 0.727 bits per heavy atom. The molecule has 0 N–H and O–H groups in total. The summed E-state index contributed by atoms with van der Waals surface area (Å²) < 4.78 is 0. The summed E-state index contributed by atoms with van der Waals surface area (Å²) in [6, 6.07) is 25.8. The summed E-state index contributed by atoms with van der Waals surface area (Å²) in [4.78, 5) is 0. The van der Waals surface area contributed by atoms with Crippen LogP contribution in [0, 0.1) is 0 Å². The van der Waals surface area contributed by atoms with Crippen molar-refractivity contribution in [2.45, 2.75) is 18.8 Å². The molecule has 0 aliphatic heterocycles. The number of hydrogen-bond donors (Lipinski definition) is 0. The monoisotopic (exact) mass is 304 g/mol. The lowest BCUT2D eigenvalue weighted by Gasteiger charge is -2.13. The third-order valence-corrected chi connectivity index (χ3v) is 4.82. The average Bonchev–Trinajstić information content (AvgIpc) is 2.87. The van der Waals surface area contributed by atoms with E-state index in [1.165, 1.54) is 27.8 Å². The highest BCUT2D eigenvalue weighted by Gasteiger charge is 2.27. The highest BCUT2D eigenvalue weighted by Crippen LogP contribution is 2.47. The fourth-order valence-corrected chi connectivity index (χ4v) is 3.72. The normalized spacial score (nSPS) is 15.4. The molecule has 108 valence electrons. The molecule has 1 unspecified atom stereocenters. The van der Waals surface area contributed by atoms with Crippen LogP contribution in [0.25, 0.3) is 11.1 Å². The molecule has 0 spiro atoms. The van der Waals surface area contributed by atoms with Crippen LogP contribution in [0.15, 0.2) is 72.8 Å². The second kappa shape index (κ2) is 5.62. The number of aryl methyl sites for hydroxylation is 1. The fraction of sp³-hybridized carbons (Fsp3) is 0.143. The van der Waals surface area contributed by atoms with E-state index in [1.54, 1.807) is 0 Å². The van der Waals surface area contributed by atoms with Crippen LogP contribution in [0.2, 0.25) is 5.02 Å². The predicted molar refractivity (Wildman–Crippen MR) is 93.5 cm³/mol. The van der Waals surface area contributed by atoms with E-state index in [0.717, 1.165) is 17.9 Å². The maximum absolute atomic E-state index is 6.21. The van der Waals surface area contributed by atoms with Crippen LogP contribution in [-0.4, -0.2) is 0 Å². The standard InChI is InChI=1S/C21H17Cl/c22-16-11-13-20-19(12-10-15-6-2-1-3-7-15)17-8-4-5-9-18(17)21(20)14-16/h1-9,11,13-14,19H,10,12H2. The van der Waals surface area contributed by atoms with Gasteiger partial charge in [-0.2, -0.15) is 0 Å². The molecule has 0 heterocycles. The largest absolute Gasteiger partial charge is 0.0843 e. The molecular weight excluding hydrogens is 288 g/mol. The fourth-order valence-electron chi connectivity index (χ4n) is 3.55. The van der Waals surface area contributed by atoms with Gasteiger partial charge in [0.05, 0.1) is 0 Å².